The molecule has 28 heavy (non-hydrogen) atoms. The van der Waals surface area contributed by atoms with Crippen molar-refractivity contribution in [2.24, 2.45) is 0 Å². The Morgan fingerprint density at radius 1 is 1.29 bits per heavy atom. The number of nitrogens with one attached hydrogen (secondary N) is 1. The maximum atomic E-state index is 12.6. The predicted molar refractivity (Wildman–Crippen MR) is 111 cm³/mol. The highest BCUT2D eigenvalue weighted by atomic mass is 32.2. The van der Waals surface area contributed by atoms with Crippen molar-refractivity contribution < 1.29 is 14.3 Å². The molecule has 1 aliphatic carbocycles. The standard InChI is InChI=1S/C19H26N4O3S2/c1-5-23-16(11(2)3)21-22-19(23)27-10-14(24)20-17-15(18(25)26-4)12-8-6-7-9-13(12)28-17/h11H,5-10H2,1-4H3,(H,20,24). The number of nitrogens with zero attached hydrogens (tertiary/aromatic N) is 3. The first-order valence-corrected chi connectivity index (χ1v) is 11.3. The Balaban J connectivity index is 1.72. The Morgan fingerprint density at radius 2 is 2.04 bits per heavy atom. The lowest BCUT2D eigenvalue weighted by atomic mass is 9.95. The molecule has 0 aromatic carbocycles. The molecule has 0 saturated carbocycles. The number of carbonyl (C=O) groups excluding carboxylic acids is 2. The second kappa shape index (κ2) is 9.09. The summed E-state index contributed by atoms with van der Waals surface area (Å²) in [5.74, 6) is 0.861. The van der Waals surface area contributed by atoms with Crippen LogP contribution in [0.15, 0.2) is 5.16 Å². The third kappa shape index (κ3) is 4.25. The van der Waals surface area contributed by atoms with Gasteiger partial charge in [-0.1, -0.05) is 25.6 Å². The van der Waals surface area contributed by atoms with Crippen LogP contribution in [-0.4, -0.2) is 39.5 Å². The van der Waals surface area contributed by atoms with Gasteiger partial charge in [0.1, 0.15) is 10.8 Å². The average Bonchev–Trinajstić information content (AvgIpc) is 3.26. The van der Waals surface area contributed by atoms with Crippen LogP contribution < -0.4 is 5.32 Å². The molecule has 7 nitrogen and oxygen atoms in total. The van der Waals surface area contributed by atoms with Gasteiger partial charge in [0.05, 0.1) is 18.4 Å². The molecule has 0 radical (unpaired) electrons. The Labute approximate surface area is 173 Å². The van der Waals surface area contributed by atoms with Crippen LogP contribution in [0, 0.1) is 0 Å². The van der Waals surface area contributed by atoms with Gasteiger partial charge in [-0.3, -0.25) is 4.79 Å². The van der Waals surface area contributed by atoms with Gasteiger partial charge < -0.3 is 14.6 Å². The van der Waals surface area contributed by atoms with E-state index < -0.39 is 0 Å². The predicted octanol–water partition coefficient (Wildman–Crippen LogP) is 3.88. The summed E-state index contributed by atoms with van der Waals surface area (Å²) in [6.07, 6.45) is 3.98. The molecule has 0 aliphatic heterocycles. The van der Waals surface area contributed by atoms with Gasteiger partial charge in [0.2, 0.25) is 5.91 Å². The van der Waals surface area contributed by atoms with Gasteiger partial charge in [0, 0.05) is 17.3 Å². The topological polar surface area (TPSA) is 86.1 Å². The molecule has 2 heterocycles. The fourth-order valence-corrected chi connectivity index (χ4v) is 5.50. The third-order valence-corrected chi connectivity index (χ3v) is 6.90. The Morgan fingerprint density at radius 3 is 2.71 bits per heavy atom. The fraction of sp³-hybridized carbons (Fsp3) is 0.579. The highest BCUT2D eigenvalue weighted by molar-refractivity contribution is 7.99. The number of hydrogen-bond acceptors (Lipinski definition) is 7. The smallest absolute Gasteiger partial charge is 0.341 e. The van der Waals surface area contributed by atoms with Gasteiger partial charge >= 0.3 is 5.97 Å². The van der Waals surface area contributed by atoms with E-state index in [9.17, 15) is 9.59 Å². The maximum Gasteiger partial charge on any atom is 0.341 e. The van der Waals surface area contributed by atoms with Crippen molar-refractivity contribution in [3.8, 4) is 0 Å². The van der Waals surface area contributed by atoms with E-state index in [1.165, 1.54) is 35.1 Å². The first kappa shape index (κ1) is 20.9. The third-order valence-electron chi connectivity index (χ3n) is 4.72. The largest absolute Gasteiger partial charge is 0.465 e. The van der Waals surface area contributed by atoms with Gasteiger partial charge in [-0.05, 0) is 38.2 Å². The van der Waals surface area contributed by atoms with Gasteiger partial charge in [-0.2, -0.15) is 0 Å². The second-order valence-electron chi connectivity index (χ2n) is 6.98. The van der Waals surface area contributed by atoms with Crippen LogP contribution in [0.4, 0.5) is 5.00 Å². The molecule has 0 unspecified atom stereocenters. The van der Waals surface area contributed by atoms with E-state index in [0.29, 0.717) is 10.6 Å². The zero-order chi connectivity index (χ0) is 20.3. The molecule has 3 rings (SSSR count). The average molecular weight is 423 g/mol. The number of thiophene rings is 1. The molecule has 0 fully saturated rings. The van der Waals surface area contributed by atoms with E-state index >= 15 is 0 Å². The SMILES string of the molecule is CCn1c(SCC(=O)Nc2sc3c(c2C(=O)OC)CCCC3)nnc1C(C)C. The summed E-state index contributed by atoms with van der Waals surface area (Å²) >= 11 is 2.85. The van der Waals surface area contributed by atoms with E-state index in [0.717, 1.165) is 48.8 Å². The van der Waals surface area contributed by atoms with Gasteiger partial charge in [-0.25, -0.2) is 4.79 Å². The monoisotopic (exact) mass is 422 g/mol. The number of amides is 1. The van der Waals surface area contributed by atoms with Gasteiger partial charge in [-0.15, -0.1) is 21.5 Å². The van der Waals surface area contributed by atoms with Crippen molar-refractivity contribution in [1.29, 1.82) is 0 Å². The number of rotatable bonds is 7. The number of hydrogen-bond donors (Lipinski definition) is 1. The fourth-order valence-electron chi connectivity index (χ4n) is 3.40. The zero-order valence-corrected chi connectivity index (χ0v) is 18.3. The molecule has 0 saturated heterocycles. The molecule has 0 spiro atoms. The number of esters is 1. The first-order valence-electron chi connectivity index (χ1n) is 9.54. The van der Waals surface area contributed by atoms with Crippen LogP contribution in [0.5, 0.6) is 0 Å². The first-order chi connectivity index (χ1) is 13.5. The summed E-state index contributed by atoms with van der Waals surface area (Å²) < 4.78 is 6.99. The van der Waals surface area contributed by atoms with Crippen molar-refractivity contribution in [1.82, 2.24) is 14.8 Å². The Bertz CT molecular complexity index is 873. The van der Waals surface area contributed by atoms with E-state index in [1.807, 2.05) is 11.5 Å². The highest BCUT2D eigenvalue weighted by Gasteiger charge is 2.27. The Hall–Kier alpha value is -1.87. The normalized spacial score (nSPS) is 13.5. The van der Waals surface area contributed by atoms with E-state index in [2.05, 4.69) is 29.4 Å². The lowest BCUT2D eigenvalue weighted by Gasteiger charge is -2.11. The van der Waals surface area contributed by atoms with Crippen LogP contribution in [0.1, 0.15) is 66.2 Å². The van der Waals surface area contributed by atoms with Gasteiger partial charge in [0.25, 0.3) is 0 Å². The van der Waals surface area contributed by atoms with Gasteiger partial charge in [0.15, 0.2) is 5.16 Å². The summed E-state index contributed by atoms with van der Waals surface area (Å²) in [6.45, 7) is 6.95. The number of aromatic nitrogens is 3. The van der Waals surface area contributed by atoms with Crippen LogP contribution in [0.3, 0.4) is 0 Å². The lowest BCUT2D eigenvalue weighted by Crippen LogP contribution is -2.17. The van der Waals surface area contributed by atoms with Crippen molar-refractivity contribution in [3.05, 3.63) is 21.8 Å². The summed E-state index contributed by atoms with van der Waals surface area (Å²) in [5, 5.41) is 12.7. The van der Waals surface area contributed by atoms with Crippen molar-refractivity contribution >= 4 is 40.0 Å². The minimum Gasteiger partial charge on any atom is -0.465 e. The molecule has 1 aliphatic rings. The van der Waals surface area contributed by atoms with Crippen LogP contribution in [0.2, 0.25) is 0 Å². The number of carbonyl (C=O) groups is 2. The summed E-state index contributed by atoms with van der Waals surface area (Å²) in [4.78, 5) is 26.0. The number of fused-ring (bicyclic) bond motifs is 1. The summed E-state index contributed by atoms with van der Waals surface area (Å²) in [7, 11) is 1.38. The molecular formula is C19H26N4O3S2. The number of aryl methyl sites for hydroxylation is 1. The number of thioether (sulfide) groups is 1. The van der Waals surface area contributed by atoms with Crippen molar-refractivity contribution in [2.75, 3.05) is 18.2 Å². The zero-order valence-electron chi connectivity index (χ0n) is 16.7. The minimum absolute atomic E-state index is 0.162. The molecular weight excluding hydrogens is 396 g/mol. The van der Waals surface area contributed by atoms with Crippen molar-refractivity contribution in [2.45, 2.75) is 64.1 Å². The molecule has 2 aromatic rings. The molecule has 1 amide bonds. The quantitative estimate of drug-likeness (QED) is 0.538. The summed E-state index contributed by atoms with van der Waals surface area (Å²) in [5.41, 5.74) is 1.57. The number of ether oxygens (including phenoxy) is 1. The molecule has 2 aromatic heterocycles. The molecule has 9 heteroatoms. The summed E-state index contributed by atoms with van der Waals surface area (Å²) in [6, 6.07) is 0. The van der Waals surface area contributed by atoms with E-state index in [1.54, 1.807) is 0 Å². The number of methoxy groups -OCH3 is 1. The molecule has 152 valence electrons. The van der Waals surface area contributed by atoms with E-state index in [4.69, 9.17) is 4.74 Å². The van der Waals surface area contributed by atoms with Crippen LogP contribution >= 0.6 is 23.1 Å². The highest BCUT2D eigenvalue weighted by Crippen LogP contribution is 2.38. The minimum atomic E-state index is -0.380. The molecule has 0 atom stereocenters. The Kier molecular flexibility index (Phi) is 6.77. The molecule has 1 N–H and O–H groups in total. The van der Waals surface area contributed by atoms with Crippen LogP contribution in [0.25, 0.3) is 0 Å². The lowest BCUT2D eigenvalue weighted by molar-refractivity contribution is -0.113. The van der Waals surface area contributed by atoms with Crippen LogP contribution in [-0.2, 0) is 28.9 Å². The maximum absolute atomic E-state index is 12.6. The number of anilines is 1. The second-order valence-corrected chi connectivity index (χ2v) is 9.03. The molecule has 0 bridgehead atoms. The van der Waals surface area contributed by atoms with E-state index in [-0.39, 0.29) is 23.5 Å². The van der Waals surface area contributed by atoms with Crippen molar-refractivity contribution in [3.63, 3.8) is 0 Å².